The number of carbonyl (C=O) groups is 2. The topological polar surface area (TPSA) is 135 Å². The van der Waals surface area contributed by atoms with Gasteiger partial charge < -0.3 is 24.1 Å². The molecule has 1 amide bonds. The molecule has 0 spiro atoms. The first-order chi connectivity index (χ1) is 14.8. The van der Waals surface area contributed by atoms with Crippen molar-refractivity contribution in [2.75, 3.05) is 26.1 Å². The number of aromatic nitrogens is 3. The number of nitrogens with one attached hydrogen (secondary N) is 1. The Morgan fingerprint density at radius 3 is 2.58 bits per heavy atom. The van der Waals surface area contributed by atoms with Crippen LogP contribution in [0.15, 0.2) is 27.5 Å². The van der Waals surface area contributed by atoms with Crippen LogP contribution in [0.3, 0.4) is 0 Å². The number of rotatable bonds is 7. The molecule has 2 heterocycles. The summed E-state index contributed by atoms with van der Waals surface area (Å²) in [4.78, 5) is 42.3. The van der Waals surface area contributed by atoms with E-state index in [1.165, 1.54) is 25.7 Å². The zero-order valence-corrected chi connectivity index (χ0v) is 17.7. The van der Waals surface area contributed by atoms with Gasteiger partial charge >= 0.3 is 5.97 Å². The molecule has 1 atom stereocenters. The third-order valence-corrected chi connectivity index (χ3v) is 4.61. The van der Waals surface area contributed by atoms with Crippen LogP contribution in [-0.2, 0) is 9.53 Å². The van der Waals surface area contributed by atoms with Crippen molar-refractivity contribution in [3.63, 3.8) is 0 Å². The first kappa shape index (κ1) is 21.8. The predicted molar refractivity (Wildman–Crippen MR) is 110 cm³/mol. The van der Waals surface area contributed by atoms with E-state index in [0.717, 1.165) is 0 Å². The number of carbonyl (C=O) groups excluding carboxylic acids is 2. The van der Waals surface area contributed by atoms with Crippen LogP contribution in [0.4, 0.5) is 5.69 Å². The Labute approximate surface area is 176 Å². The van der Waals surface area contributed by atoms with Crippen LogP contribution in [0.5, 0.6) is 11.5 Å². The molecule has 11 heteroatoms. The van der Waals surface area contributed by atoms with E-state index < -0.39 is 23.5 Å². The number of methoxy groups -OCH3 is 2. The molecular formula is C20H22N4O7. The lowest BCUT2D eigenvalue weighted by molar-refractivity contribution is -0.118. The molecule has 0 aliphatic carbocycles. The highest BCUT2D eigenvalue weighted by molar-refractivity contribution is 6.00. The Kier molecular flexibility index (Phi) is 6.23. The van der Waals surface area contributed by atoms with Gasteiger partial charge in [-0.05, 0) is 32.9 Å². The molecule has 11 nitrogen and oxygen atoms in total. The molecule has 1 aromatic carbocycles. The summed E-state index contributed by atoms with van der Waals surface area (Å²) in [7, 11) is 2.99. The average Bonchev–Trinajstić information content (AvgIpc) is 3.17. The molecule has 164 valence electrons. The Hall–Kier alpha value is -3.89. The van der Waals surface area contributed by atoms with Crippen molar-refractivity contribution in [1.29, 1.82) is 0 Å². The van der Waals surface area contributed by atoms with Gasteiger partial charge in [-0.3, -0.25) is 14.2 Å². The second-order valence-corrected chi connectivity index (χ2v) is 6.50. The van der Waals surface area contributed by atoms with Crippen molar-refractivity contribution in [2.24, 2.45) is 0 Å². The Morgan fingerprint density at radius 2 is 1.94 bits per heavy atom. The van der Waals surface area contributed by atoms with Crippen molar-refractivity contribution in [1.82, 2.24) is 14.7 Å². The van der Waals surface area contributed by atoms with Gasteiger partial charge in [0.1, 0.15) is 17.3 Å². The number of hydrogen-bond donors (Lipinski definition) is 1. The third-order valence-electron chi connectivity index (χ3n) is 4.61. The molecule has 31 heavy (non-hydrogen) atoms. The molecule has 2 aromatic heterocycles. The number of anilines is 1. The highest BCUT2D eigenvalue weighted by atomic mass is 16.5. The van der Waals surface area contributed by atoms with Crippen LogP contribution in [0, 0.1) is 6.92 Å². The quantitative estimate of drug-likeness (QED) is 0.559. The van der Waals surface area contributed by atoms with Crippen molar-refractivity contribution in [2.45, 2.75) is 26.8 Å². The second-order valence-electron chi connectivity index (χ2n) is 6.50. The van der Waals surface area contributed by atoms with Gasteiger partial charge in [0.2, 0.25) is 11.6 Å². The maximum atomic E-state index is 13.1. The zero-order chi connectivity index (χ0) is 22.7. The van der Waals surface area contributed by atoms with Gasteiger partial charge in [0, 0.05) is 11.8 Å². The van der Waals surface area contributed by atoms with Crippen LogP contribution in [0.25, 0.3) is 11.1 Å². The van der Waals surface area contributed by atoms with Crippen molar-refractivity contribution < 1.29 is 28.3 Å². The molecule has 0 saturated carbocycles. The zero-order valence-electron chi connectivity index (χ0n) is 17.7. The van der Waals surface area contributed by atoms with E-state index in [-0.39, 0.29) is 29.2 Å². The number of aryl methyl sites for hydroxylation is 1. The van der Waals surface area contributed by atoms with E-state index >= 15 is 0 Å². The van der Waals surface area contributed by atoms with E-state index in [9.17, 15) is 14.4 Å². The molecular weight excluding hydrogens is 408 g/mol. The Balaban J connectivity index is 1.97. The fourth-order valence-corrected chi connectivity index (χ4v) is 3.09. The highest BCUT2D eigenvalue weighted by Crippen LogP contribution is 2.30. The van der Waals surface area contributed by atoms with Gasteiger partial charge in [0.05, 0.1) is 20.8 Å². The van der Waals surface area contributed by atoms with Crippen LogP contribution in [0.1, 0.15) is 36.2 Å². The number of ether oxygens (including phenoxy) is 3. The fraction of sp³-hybridized carbons (Fsp3) is 0.350. The lowest BCUT2D eigenvalue weighted by Gasteiger charge is -2.17. The number of esters is 1. The third kappa shape index (κ3) is 4.06. The molecule has 0 unspecified atom stereocenters. The van der Waals surface area contributed by atoms with Gasteiger partial charge in [-0.25, -0.2) is 4.79 Å². The lowest BCUT2D eigenvalue weighted by atomic mass is 10.2. The largest absolute Gasteiger partial charge is 0.493 e. The van der Waals surface area contributed by atoms with E-state index in [1.807, 2.05) is 0 Å². The maximum absolute atomic E-state index is 13.1. The van der Waals surface area contributed by atoms with E-state index in [2.05, 4.69) is 15.5 Å². The van der Waals surface area contributed by atoms with Gasteiger partial charge in [-0.2, -0.15) is 4.98 Å². The molecule has 0 saturated heterocycles. The average molecular weight is 430 g/mol. The van der Waals surface area contributed by atoms with Gasteiger partial charge in [-0.1, -0.05) is 5.16 Å². The maximum Gasteiger partial charge on any atom is 0.361 e. The Bertz CT molecular complexity index is 1200. The Morgan fingerprint density at radius 1 is 1.23 bits per heavy atom. The summed E-state index contributed by atoms with van der Waals surface area (Å²) in [6, 6.07) is 3.93. The summed E-state index contributed by atoms with van der Waals surface area (Å²) in [5.74, 6) is -0.119. The monoisotopic (exact) mass is 430 g/mol. The number of nitrogens with zero attached hydrogens (tertiary/aromatic N) is 3. The van der Waals surface area contributed by atoms with Crippen LogP contribution >= 0.6 is 0 Å². The van der Waals surface area contributed by atoms with Gasteiger partial charge in [0.15, 0.2) is 11.5 Å². The van der Waals surface area contributed by atoms with Crippen LogP contribution < -0.4 is 20.3 Å². The van der Waals surface area contributed by atoms with Gasteiger partial charge in [0.25, 0.3) is 11.3 Å². The molecule has 0 bridgehead atoms. The molecule has 3 rings (SSSR count). The molecule has 0 fully saturated rings. The highest BCUT2D eigenvalue weighted by Gasteiger charge is 2.27. The standard InChI is InChI=1S/C20H22N4O7/c1-6-30-20(27)16-15-18(31-23-16)21-11(3)24(19(15)26)10(2)17(25)22-12-7-8-13(28-4)14(9-12)29-5/h7-10H,6H2,1-5H3,(H,22,25)/t10-/m1/s1. The van der Waals surface area contributed by atoms with Crippen LogP contribution in [-0.4, -0.2) is 47.4 Å². The first-order valence-corrected chi connectivity index (χ1v) is 9.40. The SMILES string of the molecule is CCOC(=O)c1noc2nc(C)n([C@H](C)C(=O)Nc3ccc(OC)c(OC)c3)c(=O)c12. The lowest BCUT2D eigenvalue weighted by Crippen LogP contribution is -2.34. The fourth-order valence-electron chi connectivity index (χ4n) is 3.09. The summed E-state index contributed by atoms with van der Waals surface area (Å²) < 4.78 is 21.5. The van der Waals surface area contributed by atoms with Crippen LogP contribution in [0.2, 0.25) is 0 Å². The summed E-state index contributed by atoms with van der Waals surface area (Å²) in [5, 5.41) is 6.20. The van der Waals surface area contributed by atoms with Gasteiger partial charge in [-0.15, -0.1) is 0 Å². The van der Waals surface area contributed by atoms with E-state index in [0.29, 0.717) is 17.2 Å². The first-order valence-electron chi connectivity index (χ1n) is 9.40. The molecule has 0 aliphatic heterocycles. The van der Waals surface area contributed by atoms with E-state index in [1.54, 1.807) is 32.0 Å². The number of amides is 1. The van der Waals surface area contributed by atoms with Crippen molar-refractivity contribution >= 4 is 28.7 Å². The summed E-state index contributed by atoms with van der Waals surface area (Å²) in [6.45, 7) is 4.81. The van der Waals surface area contributed by atoms with Crippen molar-refractivity contribution in [3.8, 4) is 11.5 Å². The molecule has 3 aromatic rings. The van der Waals surface area contributed by atoms with Crippen molar-refractivity contribution in [3.05, 3.63) is 40.1 Å². The summed E-state index contributed by atoms with van der Waals surface area (Å²) >= 11 is 0. The smallest absolute Gasteiger partial charge is 0.361 e. The number of benzene rings is 1. The molecule has 0 radical (unpaired) electrons. The minimum Gasteiger partial charge on any atom is -0.493 e. The predicted octanol–water partition coefficient (Wildman–Crippen LogP) is 2.09. The minimum atomic E-state index is -0.956. The normalized spacial score (nSPS) is 11.8. The molecule has 1 N–H and O–H groups in total. The number of fused-ring (bicyclic) bond motifs is 1. The van der Waals surface area contributed by atoms with E-state index in [4.69, 9.17) is 18.7 Å². The molecule has 0 aliphatic rings. The minimum absolute atomic E-state index is 0.102. The summed E-state index contributed by atoms with van der Waals surface area (Å²) in [6.07, 6.45) is 0. The number of hydrogen-bond acceptors (Lipinski definition) is 9. The summed E-state index contributed by atoms with van der Waals surface area (Å²) in [5.41, 5.74) is -0.571. The second kappa shape index (κ2) is 8.86.